The fraction of sp³-hybridized carbons (Fsp3) is 0.250. The van der Waals surface area contributed by atoms with Gasteiger partial charge in [-0.05, 0) is 55.0 Å². The zero-order chi connectivity index (χ0) is 15.5. The summed E-state index contributed by atoms with van der Waals surface area (Å²) in [6.45, 7) is 2.05. The van der Waals surface area contributed by atoms with E-state index < -0.39 is 0 Å². The standard InChI is InChI=1S/C16H18N6/c1-10-2-7-20-13-8-12(11-3-5-19-6-4-11)9-14(15(10)13)21-22-16(17)18/h2-7,12H,8-9H2,1H3,(H4,17,18,22)/b21-14-. The number of aryl methyl sites for hydroxylation is 1. The third-order valence-corrected chi connectivity index (χ3v) is 3.87. The summed E-state index contributed by atoms with van der Waals surface area (Å²) in [5.41, 5.74) is 16.2. The van der Waals surface area contributed by atoms with Crippen molar-refractivity contribution in [1.29, 1.82) is 0 Å². The maximum absolute atomic E-state index is 5.41. The van der Waals surface area contributed by atoms with Gasteiger partial charge in [0.2, 0.25) is 5.96 Å². The van der Waals surface area contributed by atoms with E-state index in [1.165, 1.54) is 5.56 Å². The van der Waals surface area contributed by atoms with E-state index in [0.29, 0.717) is 5.92 Å². The van der Waals surface area contributed by atoms with Crippen LogP contribution in [-0.2, 0) is 6.42 Å². The molecule has 0 bridgehead atoms. The van der Waals surface area contributed by atoms with Gasteiger partial charge in [0.1, 0.15) is 0 Å². The summed E-state index contributed by atoms with van der Waals surface area (Å²) in [4.78, 5) is 8.60. The van der Waals surface area contributed by atoms with Gasteiger partial charge in [-0.2, -0.15) is 5.10 Å². The number of aromatic nitrogens is 2. The number of hydrogen-bond acceptors (Lipinski definition) is 4. The summed E-state index contributed by atoms with van der Waals surface area (Å²) >= 11 is 0. The van der Waals surface area contributed by atoms with Gasteiger partial charge in [0.25, 0.3) is 0 Å². The lowest BCUT2D eigenvalue weighted by molar-refractivity contribution is 0.676. The minimum atomic E-state index is -0.0402. The van der Waals surface area contributed by atoms with Crippen LogP contribution in [0, 0.1) is 6.92 Å². The number of guanidine groups is 1. The Morgan fingerprint density at radius 1 is 1.14 bits per heavy atom. The van der Waals surface area contributed by atoms with Gasteiger partial charge in [-0.3, -0.25) is 9.97 Å². The van der Waals surface area contributed by atoms with Crippen molar-refractivity contribution < 1.29 is 0 Å². The normalized spacial score (nSPS) is 18.8. The smallest absolute Gasteiger partial charge is 0.211 e. The molecule has 0 saturated carbocycles. The molecule has 2 heterocycles. The SMILES string of the molecule is Cc1ccnc2c1/C(=N\N=C(N)N)CC(c1ccncc1)C2. The van der Waals surface area contributed by atoms with E-state index in [2.05, 4.69) is 27.1 Å². The van der Waals surface area contributed by atoms with Gasteiger partial charge >= 0.3 is 0 Å². The second-order valence-corrected chi connectivity index (χ2v) is 5.41. The van der Waals surface area contributed by atoms with Crippen molar-refractivity contribution >= 4 is 11.7 Å². The Hall–Kier alpha value is -2.76. The molecule has 0 amide bonds. The van der Waals surface area contributed by atoms with Gasteiger partial charge in [0, 0.05) is 24.2 Å². The average Bonchev–Trinajstić information content (AvgIpc) is 2.53. The summed E-state index contributed by atoms with van der Waals surface area (Å²) in [5.74, 6) is 0.263. The lowest BCUT2D eigenvalue weighted by atomic mass is 9.80. The summed E-state index contributed by atoms with van der Waals surface area (Å²) in [5, 5.41) is 8.10. The maximum Gasteiger partial charge on any atom is 0.211 e. The fourth-order valence-electron chi connectivity index (χ4n) is 2.88. The molecule has 0 aromatic carbocycles. The second-order valence-electron chi connectivity index (χ2n) is 5.41. The fourth-order valence-corrected chi connectivity index (χ4v) is 2.88. The molecule has 6 heteroatoms. The van der Waals surface area contributed by atoms with Crippen molar-refractivity contribution in [2.24, 2.45) is 21.7 Å². The third kappa shape index (κ3) is 2.81. The third-order valence-electron chi connectivity index (χ3n) is 3.87. The highest BCUT2D eigenvalue weighted by Gasteiger charge is 2.27. The van der Waals surface area contributed by atoms with Crippen molar-refractivity contribution in [2.45, 2.75) is 25.7 Å². The monoisotopic (exact) mass is 294 g/mol. The quantitative estimate of drug-likeness (QED) is 0.497. The molecule has 6 nitrogen and oxygen atoms in total. The van der Waals surface area contributed by atoms with Crippen LogP contribution in [0.1, 0.15) is 34.7 Å². The Morgan fingerprint density at radius 3 is 2.64 bits per heavy atom. The van der Waals surface area contributed by atoms with Crippen molar-refractivity contribution in [1.82, 2.24) is 9.97 Å². The lowest BCUT2D eigenvalue weighted by Gasteiger charge is -2.26. The molecule has 0 fully saturated rings. The van der Waals surface area contributed by atoms with E-state index in [1.807, 2.05) is 24.4 Å². The largest absolute Gasteiger partial charge is 0.369 e. The van der Waals surface area contributed by atoms with Crippen LogP contribution in [0.15, 0.2) is 47.0 Å². The minimum absolute atomic E-state index is 0.0402. The van der Waals surface area contributed by atoms with Crippen molar-refractivity contribution in [2.75, 3.05) is 0 Å². The highest BCUT2D eigenvalue weighted by molar-refractivity contribution is 6.04. The van der Waals surface area contributed by atoms with E-state index in [9.17, 15) is 0 Å². The first-order valence-electron chi connectivity index (χ1n) is 7.15. The maximum atomic E-state index is 5.41. The Kier molecular flexibility index (Phi) is 3.82. The molecule has 3 rings (SSSR count). The zero-order valence-corrected chi connectivity index (χ0v) is 12.4. The molecule has 112 valence electrons. The lowest BCUT2D eigenvalue weighted by Crippen LogP contribution is -2.24. The van der Waals surface area contributed by atoms with Crippen LogP contribution >= 0.6 is 0 Å². The van der Waals surface area contributed by atoms with Crippen LogP contribution < -0.4 is 11.5 Å². The number of nitrogens with two attached hydrogens (primary N) is 2. The van der Waals surface area contributed by atoms with E-state index in [4.69, 9.17) is 11.5 Å². The molecule has 0 saturated heterocycles. The number of hydrogen-bond donors (Lipinski definition) is 2. The number of rotatable bonds is 2. The summed E-state index contributed by atoms with van der Waals surface area (Å²) in [6, 6.07) is 6.05. The predicted octanol–water partition coefficient (Wildman–Crippen LogP) is 1.49. The molecule has 0 aliphatic heterocycles. The van der Waals surface area contributed by atoms with E-state index in [0.717, 1.165) is 35.4 Å². The van der Waals surface area contributed by atoms with Crippen LogP contribution in [0.2, 0.25) is 0 Å². The molecular weight excluding hydrogens is 276 g/mol. The van der Waals surface area contributed by atoms with Gasteiger partial charge in [-0.25, -0.2) is 0 Å². The second kappa shape index (κ2) is 5.93. The van der Waals surface area contributed by atoms with Crippen LogP contribution in [0.3, 0.4) is 0 Å². The van der Waals surface area contributed by atoms with Gasteiger partial charge in [-0.1, -0.05) is 0 Å². The first-order chi connectivity index (χ1) is 10.6. The molecule has 0 spiro atoms. The molecule has 2 aromatic heterocycles. The molecule has 1 atom stereocenters. The molecule has 4 N–H and O–H groups in total. The Balaban J connectivity index is 2.06. The molecule has 22 heavy (non-hydrogen) atoms. The topological polar surface area (TPSA) is 103 Å². The predicted molar refractivity (Wildman–Crippen MR) is 86.6 cm³/mol. The molecular formula is C16H18N6. The molecule has 2 aromatic rings. The van der Waals surface area contributed by atoms with Gasteiger partial charge in [0.15, 0.2) is 0 Å². The van der Waals surface area contributed by atoms with E-state index in [1.54, 1.807) is 12.4 Å². The molecule has 0 radical (unpaired) electrons. The van der Waals surface area contributed by atoms with Crippen LogP contribution in [0.25, 0.3) is 0 Å². The molecule has 1 aliphatic rings. The Labute approximate surface area is 129 Å². The van der Waals surface area contributed by atoms with Crippen molar-refractivity contribution in [3.8, 4) is 0 Å². The molecule has 1 unspecified atom stereocenters. The highest BCUT2D eigenvalue weighted by Crippen LogP contribution is 2.33. The number of nitrogens with zero attached hydrogens (tertiary/aromatic N) is 4. The van der Waals surface area contributed by atoms with Gasteiger partial charge in [-0.15, -0.1) is 5.10 Å². The van der Waals surface area contributed by atoms with E-state index in [-0.39, 0.29) is 5.96 Å². The minimum Gasteiger partial charge on any atom is -0.369 e. The van der Waals surface area contributed by atoms with Gasteiger partial charge < -0.3 is 11.5 Å². The number of fused-ring (bicyclic) bond motifs is 1. The Morgan fingerprint density at radius 2 is 1.91 bits per heavy atom. The van der Waals surface area contributed by atoms with Gasteiger partial charge in [0.05, 0.1) is 11.4 Å². The van der Waals surface area contributed by atoms with E-state index >= 15 is 0 Å². The summed E-state index contributed by atoms with van der Waals surface area (Å²) in [7, 11) is 0. The Bertz CT molecular complexity index is 732. The summed E-state index contributed by atoms with van der Waals surface area (Å²) in [6.07, 6.45) is 7.10. The first kappa shape index (κ1) is 14.2. The zero-order valence-electron chi connectivity index (χ0n) is 12.4. The average molecular weight is 294 g/mol. The van der Waals surface area contributed by atoms with Crippen LogP contribution in [0.5, 0.6) is 0 Å². The highest BCUT2D eigenvalue weighted by atomic mass is 15.3. The first-order valence-corrected chi connectivity index (χ1v) is 7.15. The molecule has 1 aliphatic carbocycles. The van der Waals surface area contributed by atoms with Crippen LogP contribution in [0.4, 0.5) is 0 Å². The van der Waals surface area contributed by atoms with Crippen LogP contribution in [-0.4, -0.2) is 21.6 Å². The van der Waals surface area contributed by atoms with Crippen molar-refractivity contribution in [3.63, 3.8) is 0 Å². The van der Waals surface area contributed by atoms with Crippen molar-refractivity contribution in [3.05, 3.63) is 59.2 Å². The number of pyridine rings is 2. The summed E-state index contributed by atoms with van der Waals surface area (Å²) < 4.78 is 0.